The number of nitrogens with zero attached hydrogens (tertiary/aromatic N) is 2. The van der Waals surface area contributed by atoms with Gasteiger partial charge in [-0.3, -0.25) is 9.10 Å². The molecule has 28 heavy (non-hydrogen) atoms. The van der Waals surface area contributed by atoms with Crippen molar-refractivity contribution in [3.63, 3.8) is 0 Å². The number of hydrogen-bond donors (Lipinski definition) is 0. The summed E-state index contributed by atoms with van der Waals surface area (Å²) >= 11 is 6.30. The number of likely N-dealkylation sites (tertiary alicyclic amines) is 1. The number of amides is 1. The number of benzene rings is 2. The zero-order valence-corrected chi connectivity index (χ0v) is 17.7. The molecule has 150 valence electrons. The van der Waals surface area contributed by atoms with Crippen LogP contribution < -0.4 is 4.31 Å². The lowest BCUT2D eigenvalue weighted by Crippen LogP contribution is -2.46. The molecule has 0 spiro atoms. The molecule has 1 aliphatic heterocycles. The van der Waals surface area contributed by atoms with Gasteiger partial charge in [0.05, 0.1) is 15.6 Å². The van der Waals surface area contributed by atoms with Crippen molar-refractivity contribution in [3.05, 3.63) is 59.1 Å². The van der Waals surface area contributed by atoms with Gasteiger partial charge in [-0.1, -0.05) is 48.4 Å². The minimum absolute atomic E-state index is 0.137. The van der Waals surface area contributed by atoms with Crippen LogP contribution in [0.3, 0.4) is 0 Å². The van der Waals surface area contributed by atoms with Crippen molar-refractivity contribution < 1.29 is 13.2 Å². The molecule has 2 aromatic rings. The summed E-state index contributed by atoms with van der Waals surface area (Å²) in [6.45, 7) is 5.04. The molecule has 1 amide bonds. The maximum atomic E-state index is 13.4. The average molecular weight is 421 g/mol. The molecule has 0 saturated carbocycles. The number of sulfonamides is 1. The molecule has 0 N–H and O–H groups in total. The van der Waals surface area contributed by atoms with Gasteiger partial charge in [0.2, 0.25) is 5.91 Å². The largest absolute Gasteiger partial charge is 0.341 e. The molecule has 1 saturated heterocycles. The lowest BCUT2D eigenvalue weighted by Gasteiger charge is -2.33. The predicted octanol–water partition coefficient (Wildman–Crippen LogP) is 4.10. The topological polar surface area (TPSA) is 57.7 Å². The molecule has 1 aliphatic rings. The molecular weight excluding hydrogens is 396 g/mol. The Bertz CT molecular complexity index is 944. The Morgan fingerprint density at radius 2 is 1.86 bits per heavy atom. The number of carbonyl (C=O) groups excluding carboxylic acids is 1. The van der Waals surface area contributed by atoms with Crippen molar-refractivity contribution in [2.24, 2.45) is 5.92 Å². The molecule has 0 unspecified atom stereocenters. The third kappa shape index (κ3) is 4.50. The molecule has 5 nitrogen and oxygen atoms in total. The van der Waals surface area contributed by atoms with E-state index in [0.717, 1.165) is 22.7 Å². The number of rotatable bonds is 5. The fourth-order valence-electron chi connectivity index (χ4n) is 3.43. The highest BCUT2D eigenvalue weighted by Crippen LogP contribution is 2.30. The SMILES string of the molecule is Cc1ccc(S(=O)(=O)N(CC(=O)N2CCC[C@@H](C)C2)c2ccccc2Cl)cc1. The third-order valence-electron chi connectivity index (χ3n) is 5.02. The van der Waals surface area contributed by atoms with Crippen molar-refractivity contribution in [3.8, 4) is 0 Å². The molecule has 1 fully saturated rings. The number of piperidine rings is 1. The molecule has 7 heteroatoms. The molecule has 2 aromatic carbocycles. The minimum Gasteiger partial charge on any atom is -0.341 e. The van der Waals surface area contributed by atoms with Crippen molar-refractivity contribution in [2.45, 2.75) is 31.6 Å². The quantitative estimate of drug-likeness (QED) is 0.731. The second-order valence-corrected chi connectivity index (χ2v) is 9.63. The van der Waals surface area contributed by atoms with E-state index < -0.39 is 10.0 Å². The van der Waals surface area contributed by atoms with Crippen LogP contribution in [-0.4, -0.2) is 38.9 Å². The van der Waals surface area contributed by atoms with Crippen molar-refractivity contribution >= 4 is 33.2 Å². The minimum atomic E-state index is -3.94. The van der Waals surface area contributed by atoms with Crippen LogP contribution in [-0.2, 0) is 14.8 Å². The number of anilines is 1. The van der Waals surface area contributed by atoms with E-state index in [2.05, 4.69) is 6.92 Å². The Morgan fingerprint density at radius 3 is 2.50 bits per heavy atom. The van der Waals surface area contributed by atoms with Gasteiger partial charge in [-0.25, -0.2) is 8.42 Å². The smallest absolute Gasteiger partial charge is 0.264 e. The van der Waals surface area contributed by atoms with Gasteiger partial charge in [0.25, 0.3) is 10.0 Å². The zero-order valence-electron chi connectivity index (χ0n) is 16.1. The summed E-state index contributed by atoms with van der Waals surface area (Å²) in [4.78, 5) is 14.8. The van der Waals surface area contributed by atoms with Crippen LogP contribution in [0.2, 0.25) is 5.02 Å². The van der Waals surface area contributed by atoms with Gasteiger partial charge in [-0.15, -0.1) is 0 Å². The number of halogens is 1. The van der Waals surface area contributed by atoms with Crippen molar-refractivity contribution in [1.82, 2.24) is 4.90 Å². The van der Waals surface area contributed by atoms with Gasteiger partial charge in [0.15, 0.2) is 0 Å². The van der Waals surface area contributed by atoms with E-state index in [1.165, 1.54) is 0 Å². The predicted molar refractivity (Wildman–Crippen MR) is 112 cm³/mol. The Morgan fingerprint density at radius 1 is 1.18 bits per heavy atom. The number of aryl methyl sites for hydroxylation is 1. The fraction of sp³-hybridized carbons (Fsp3) is 0.381. The Labute approximate surface area is 172 Å². The lowest BCUT2D eigenvalue weighted by atomic mass is 10.0. The van der Waals surface area contributed by atoms with E-state index in [9.17, 15) is 13.2 Å². The monoisotopic (exact) mass is 420 g/mol. The standard InChI is InChI=1S/C21H25ClN2O3S/c1-16-9-11-18(12-10-16)28(26,27)24(20-8-4-3-7-19(20)22)15-21(25)23-13-5-6-17(2)14-23/h3-4,7-12,17H,5-6,13-15H2,1-2H3/t17-/m1/s1. The van der Waals surface area contributed by atoms with Gasteiger partial charge in [-0.05, 0) is 49.9 Å². The number of hydrogen-bond acceptors (Lipinski definition) is 3. The van der Waals surface area contributed by atoms with Gasteiger partial charge in [-0.2, -0.15) is 0 Å². The van der Waals surface area contributed by atoms with E-state index >= 15 is 0 Å². The lowest BCUT2D eigenvalue weighted by molar-refractivity contribution is -0.131. The van der Waals surface area contributed by atoms with E-state index in [1.807, 2.05) is 6.92 Å². The summed E-state index contributed by atoms with van der Waals surface area (Å²) in [7, 11) is -3.94. The zero-order chi connectivity index (χ0) is 20.3. The number of carbonyl (C=O) groups is 1. The summed E-state index contributed by atoms with van der Waals surface area (Å²) in [5.41, 5.74) is 1.27. The van der Waals surface area contributed by atoms with Crippen LogP contribution in [0, 0.1) is 12.8 Å². The van der Waals surface area contributed by atoms with Crippen LogP contribution >= 0.6 is 11.6 Å². The van der Waals surface area contributed by atoms with Crippen molar-refractivity contribution in [2.75, 3.05) is 23.9 Å². The Kier molecular flexibility index (Phi) is 6.30. The summed E-state index contributed by atoms with van der Waals surface area (Å²) in [6.07, 6.45) is 2.02. The average Bonchev–Trinajstić information content (AvgIpc) is 2.67. The van der Waals surface area contributed by atoms with E-state index in [0.29, 0.717) is 24.7 Å². The van der Waals surface area contributed by atoms with E-state index in [4.69, 9.17) is 11.6 Å². The first-order chi connectivity index (χ1) is 13.3. The van der Waals surface area contributed by atoms with Gasteiger partial charge in [0.1, 0.15) is 6.54 Å². The molecular formula is C21H25ClN2O3S. The van der Waals surface area contributed by atoms with Gasteiger partial charge in [0, 0.05) is 13.1 Å². The molecule has 0 radical (unpaired) electrons. The van der Waals surface area contributed by atoms with Gasteiger partial charge >= 0.3 is 0 Å². The summed E-state index contributed by atoms with van der Waals surface area (Å²) < 4.78 is 27.9. The molecule has 0 bridgehead atoms. The number of para-hydroxylation sites is 1. The molecule has 0 aromatic heterocycles. The van der Waals surface area contributed by atoms with E-state index in [-0.39, 0.29) is 22.4 Å². The highest BCUT2D eigenvalue weighted by Gasteiger charge is 2.31. The van der Waals surface area contributed by atoms with Crippen LogP contribution in [0.4, 0.5) is 5.69 Å². The van der Waals surface area contributed by atoms with Crippen LogP contribution in [0.1, 0.15) is 25.3 Å². The second-order valence-electron chi connectivity index (χ2n) is 7.36. The highest BCUT2D eigenvalue weighted by atomic mass is 35.5. The first-order valence-electron chi connectivity index (χ1n) is 9.41. The fourth-order valence-corrected chi connectivity index (χ4v) is 5.15. The molecule has 1 atom stereocenters. The highest BCUT2D eigenvalue weighted by molar-refractivity contribution is 7.92. The molecule has 0 aliphatic carbocycles. The second kappa shape index (κ2) is 8.53. The van der Waals surface area contributed by atoms with Crippen molar-refractivity contribution in [1.29, 1.82) is 0 Å². The van der Waals surface area contributed by atoms with Crippen LogP contribution in [0.15, 0.2) is 53.4 Å². The Balaban J connectivity index is 1.97. The van der Waals surface area contributed by atoms with Crippen LogP contribution in [0.25, 0.3) is 0 Å². The maximum Gasteiger partial charge on any atom is 0.264 e. The maximum absolute atomic E-state index is 13.4. The third-order valence-corrected chi connectivity index (χ3v) is 7.11. The first-order valence-corrected chi connectivity index (χ1v) is 11.2. The summed E-state index contributed by atoms with van der Waals surface area (Å²) in [6, 6.07) is 13.3. The van der Waals surface area contributed by atoms with E-state index in [1.54, 1.807) is 53.4 Å². The molecule has 3 rings (SSSR count). The normalized spacial score (nSPS) is 17.4. The van der Waals surface area contributed by atoms with Gasteiger partial charge < -0.3 is 4.90 Å². The Hall–Kier alpha value is -2.05. The summed E-state index contributed by atoms with van der Waals surface area (Å²) in [5, 5.41) is 0.290. The summed E-state index contributed by atoms with van der Waals surface area (Å²) in [5.74, 6) is 0.210. The first kappa shape index (κ1) is 20.7. The van der Waals surface area contributed by atoms with Crippen LogP contribution in [0.5, 0.6) is 0 Å². The molecule has 1 heterocycles.